The van der Waals surface area contributed by atoms with E-state index in [9.17, 15) is 4.48 Å². The number of nitrogens with zero attached hydrogens (tertiary/aromatic N) is 1. The maximum atomic E-state index is 12.3. The summed E-state index contributed by atoms with van der Waals surface area (Å²) in [5.41, 5.74) is 0.467. The van der Waals surface area contributed by atoms with Crippen LogP contribution in [0.25, 0.3) is 0 Å². The fourth-order valence-electron chi connectivity index (χ4n) is 1.47. The molecule has 1 saturated heterocycles. The summed E-state index contributed by atoms with van der Waals surface area (Å²) in [6.07, 6.45) is 3.64. The molecule has 1 spiro atoms. The number of hydrogen-bond donors (Lipinski definition) is 0. The highest BCUT2D eigenvalue weighted by atomic mass is 19.2. The van der Waals surface area contributed by atoms with Gasteiger partial charge in [-0.3, -0.25) is 0 Å². The van der Waals surface area contributed by atoms with Crippen molar-refractivity contribution in [1.82, 2.24) is 5.12 Å². The predicted molar refractivity (Wildman–Crippen MR) is 29.0 cm³/mol. The second-order valence-corrected chi connectivity index (χ2v) is 3.09. The van der Waals surface area contributed by atoms with Gasteiger partial charge in [-0.1, -0.05) is 0 Å². The summed E-state index contributed by atoms with van der Waals surface area (Å²) >= 11 is 0. The summed E-state index contributed by atoms with van der Waals surface area (Å²) < 4.78 is 12.3. The molecular weight excluding hydrogens is 105 g/mol. The lowest BCUT2D eigenvalue weighted by atomic mass is 10.1. The van der Waals surface area contributed by atoms with Gasteiger partial charge >= 0.3 is 0 Å². The fraction of sp³-hybridized carbons (Fsp3) is 1.00. The summed E-state index contributed by atoms with van der Waals surface area (Å²) in [6, 6.07) is 0. The molecule has 1 saturated carbocycles. The van der Waals surface area contributed by atoms with E-state index in [1.54, 1.807) is 0 Å². The minimum absolute atomic E-state index is 0.467. The summed E-state index contributed by atoms with van der Waals surface area (Å²) in [5, 5.41) is 0.951. The molecule has 2 aliphatic rings. The van der Waals surface area contributed by atoms with Crippen LogP contribution < -0.4 is 0 Å². The van der Waals surface area contributed by atoms with Gasteiger partial charge in [0.05, 0.1) is 0 Å². The van der Waals surface area contributed by atoms with E-state index in [4.69, 9.17) is 0 Å². The fourth-order valence-corrected chi connectivity index (χ4v) is 1.47. The van der Waals surface area contributed by atoms with Crippen LogP contribution >= 0.6 is 0 Å². The Hall–Kier alpha value is -0.110. The Morgan fingerprint density at radius 3 is 2.25 bits per heavy atom. The Bertz CT molecular complexity index is 109. The van der Waals surface area contributed by atoms with Crippen molar-refractivity contribution in [2.45, 2.75) is 19.3 Å². The van der Waals surface area contributed by atoms with Crippen LogP contribution in [-0.2, 0) is 0 Å². The van der Waals surface area contributed by atoms with Crippen LogP contribution in [-0.4, -0.2) is 18.2 Å². The normalized spacial score (nSPS) is 34.1. The number of hydrogen-bond acceptors (Lipinski definition) is 1. The molecule has 1 nitrogen and oxygen atoms in total. The van der Waals surface area contributed by atoms with Crippen molar-refractivity contribution < 1.29 is 4.48 Å². The van der Waals surface area contributed by atoms with Gasteiger partial charge in [-0.05, 0) is 24.7 Å². The van der Waals surface area contributed by atoms with E-state index < -0.39 is 0 Å². The van der Waals surface area contributed by atoms with Gasteiger partial charge in [0.2, 0.25) is 0 Å². The monoisotopic (exact) mass is 115 g/mol. The average molecular weight is 115 g/mol. The van der Waals surface area contributed by atoms with E-state index in [0.29, 0.717) is 18.5 Å². The third-order valence-corrected chi connectivity index (χ3v) is 2.35. The zero-order valence-electron chi connectivity index (χ0n) is 4.86. The Morgan fingerprint density at radius 2 is 2.00 bits per heavy atom. The molecule has 0 amide bonds. The second kappa shape index (κ2) is 1.24. The SMILES string of the molecule is FN1CCC2(CC2)C1. The molecule has 2 fully saturated rings. The molecule has 1 aliphatic carbocycles. The first-order valence-electron chi connectivity index (χ1n) is 3.22. The zero-order valence-corrected chi connectivity index (χ0v) is 4.86. The molecule has 0 aromatic rings. The summed E-state index contributed by atoms with van der Waals surface area (Å²) in [6.45, 7) is 1.40. The van der Waals surface area contributed by atoms with Gasteiger partial charge in [-0.25, -0.2) is 0 Å². The van der Waals surface area contributed by atoms with Crippen molar-refractivity contribution in [3.63, 3.8) is 0 Å². The first-order valence-corrected chi connectivity index (χ1v) is 3.22. The van der Waals surface area contributed by atoms with Crippen molar-refractivity contribution in [3.05, 3.63) is 0 Å². The van der Waals surface area contributed by atoms with Crippen LogP contribution in [0.5, 0.6) is 0 Å². The standard InChI is InChI=1S/C6H10FN/c7-8-4-3-6(5-8)1-2-6/h1-5H2. The van der Waals surface area contributed by atoms with Gasteiger partial charge in [0.1, 0.15) is 0 Å². The van der Waals surface area contributed by atoms with Gasteiger partial charge in [-0.15, -0.1) is 9.60 Å². The minimum Gasteiger partial charge on any atom is -0.146 e. The molecule has 46 valence electrons. The Labute approximate surface area is 48.4 Å². The molecular formula is C6H10FN. The molecule has 0 bridgehead atoms. The molecule has 1 heterocycles. The van der Waals surface area contributed by atoms with Crippen molar-refractivity contribution in [2.24, 2.45) is 5.41 Å². The zero-order chi connectivity index (χ0) is 5.61. The van der Waals surface area contributed by atoms with Gasteiger partial charge in [0, 0.05) is 13.1 Å². The van der Waals surface area contributed by atoms with E-state index >= 15 is 0 Å². The maximum absolute atomic E-state index is 12.3. The van der Waals surface area contributed by atoms with Gasteiger partial charge in [-0.2, -0.15) is 0 Å². The summed E-state index contributed by atoms with van der Waals surface area (Å²) in [7, 11) is 0. The average Bonchev–Trinajstić information content (AvgIpc) is 2.34. The van der Waals surface area contributed by atoms with Gasteiger partial charge < -0.3 is 0 Å². The van der Waals surface area contributed by atoms with Crippen LogP contribution in [0.3, 0.4) is 0 Å². The lowest BCUT2D eigenvalue weighted by Gasteiger charge is -2.00. The Kier molecular flexibility index (Phi) is 0.734. The lowest BCUT2D eigenvalue weighted by molar-refractivity contribution is 0.0506. The largest absolute Gasteiger partial charge is 0.146 e. The first-order chi connectivity index (χ1) is 3.81. The van der Waals surface area contributed by atoms with E-state index in [1.165, 1.54) is 12.8 Å². The molecule has 0 aromatic carbocycles. The smallest absolute Gasteiger partial charge is 0.0347 e. The second-order valence-electron chi connectivity index (χ2n) is 3.09. The maximum Gasteiger partial charge on any atom is 0.0347 e. The van der Waals surface area contributed by atoms with Crippen molar-refractivity contribution in [3.8, 4) is 0 Å². The van der Waals surface area contributed by atoms with Crippen molar-refractivity contribution >= 4 is 0 Å². The lowest BCUT2D eigenvalue weighted by Crippen LogP contribution is -2.08. The van der Waals surface area contributed by atoms with E-state index in [2.05, 4.69) is 0 Å². The molecule has 0 aromatic heterocycles. The van der Waals surface area contributed by atoms with Crippen LogP contribution in [0, 0.1) is 5.41 Å². The van der Waals surface area contributed by atoms with Crippen LogP contribution in [0.15, 0.2) is 0 Å². The molecule has 0 N–H and O–H groups in total. The molecule has 1 aliphatic heterocycles. The van der Waals surface area contributed by atoms with Gasteiger partial charge in [0.15, 0.2) is 0 Å². The van der Waals surface area contributed by atoms with E-state index in [1.807, 2.05) is 0 Å². The van der Waals surface area contributed by atoms with Gasteiger partial charge in [0.25, 0.3) is 0 Å². The Morgan fingerprint density at radius 1 is 1.25 bits per heavy atom. The minimum atomic E-state index is 0.467. The van der Waals surface area contributed by atoms with Crippen molar-refractivity contribution in [1.29, 1.82) is 0 Å². The molecule has 8 heavy (non-hydrogen) atoms. The highest BCUT2D eigenvalue weighted by molar-refractivity contribution is 4.98. The van der Waals surface area contributed by atoms with Crippen LogP contribution in [0.1, 0.15) is 19.3 Å². The number of halogens is 1. The van der Waals surface area contributed by atoms with Crippen molar-refractivity contribution in [2.75, 3.05) is 13.1 Å². The highest BCUT2D eigenvalue weighted by Gasteiger charge is 2.47. The molecule has 0 radical (unpaired) electrons. The highest BCUT2D eigenvalue weighted by Crippen LogP contribution is 2.52. The van der Waals surface area contributed by atoms with Crippen LogP contribution in [0.2, 0.25) is 0 Å². The molecule has 2 heteroatoms. The quantitative estimate of drug-likeness (QED) is 0.431. The van der Waals surface area contributed by atoms with E-state index in [-0.39, 0.29) is 0 Å². The third-order valence-electron chi connectivity index (χ3n) is 2.35. The first kappa shape index (κ1) is 4.74. The van der Waals surface area contributed by atoms with Crippen LogP contribution in [0.4, 0.5) is 4.48 Å². The molecule has 0 atom stereocenters. The Balaban J connectivity index is 2.03. The molecule has 2 rings (SSSR count). The van der Waals surface area contributed by atoms with E-state index in [0.717, 1.165) is 11.5 Å². The predicted octanol–water partition coefficient (Wildman–Crippen LogP) is 1.36. The number of rotatable bonds is 0. The topological polar surface area (TPSA) is 3.24 Å². The third kappa shape index (κ3) is 0.558. The summed E-state index contributed by atoms with van der Waals surface area (Å²) in [5.74, 6) is 0. The summed E-state index contributed by atoms with van der Waals surface area (Å²) in [4.78, 5) is 0. The molecule has 0 unspecified atom stereocenters.